The molecule has 0 radical (unpaired) electrons. The molecule has 0 aliphatic carbocycles. The monoisotopic (exact) mass is 429 g/mol. The Labute approximate surface area is 178 Å². The molecule has 10 heteroatoms. The second-order valence-electron chi connectivity index (χ2n) is 7.57. The van der Waals surface area contributed by atoms with Crippen molar-refractivity contribution in [2.75, 3.05) is 37.8 Å². The van der Waals surface area contributed by atoms with E-state index in [9.17, 15) is 14.7 Å². The van der Waals surface area contributed by atoms with E-state index < -0.39 is 17.4 Å². The number of H-pyrrole nitrogens is 1. The molecule has 1 aliphatic rings. The molecule has 166 valence electrons. The van der Waals surface area contributed by atoms with E-state index in [1.807, 2.05) is 29.2 Å². The summed E-state index contributed by atoms with van der Waals surface area (Å²) in [7, 11) is 1.56. The summed E-state index contributed by atoms with van der Waals surface area (Å²) < 4.78 is 14.1. The molecular formula is C21H27N5O5. The Morgan fingerprint density at radius 1 is 1.23 bits per heavy atom. The Bertz CT molecular complexity index is 1160. The number of aliphatic hydroxyl groups is 1. The van der Waals surface area contributed by atoms with Crippen molar-refractivity contribution in [3.63, 3.8) is 0 Å². The fourth-order valence-corrected chi connectivity index (χ4v) is 3.68. The number of imidazole rings is 1. The summed E-state index contributed by atoms with van der Waals surface area (Å²) in [4.78, 5) is 33.5. The summed E-state index contributed by atoms with van der Waals surface area (Å²) in [6, 6.07) is 7.72. The van der Waals surface area contributed by atoms with Crippen molar-refractivity contribution in [1.29, 1.82) is 0 Å². The summed E-state index contributed by atoms with van der Waals surface area (Å²) in [6.45, 7) is 4.51. The minimum absolute atomic E-state index is 0.0529. The molecule has 2 N–H and O–H groups in total. The highest BCUT2D eigenvalue weighted by Gasteiger charge is 2.24. The van der Waals surface area contributed by atoms with Gasteiger partial charge in [0.1, 0.15) is 18.5 Å². The van der Waals surface area contributed by atoms with Gasteiger partial charge in [0.25, 0.3) is 5.56 Å². The first-order chi connectivity index (χ1) is 15.0. The first kappa shape index (κ1) is 21.1. The molecule has 2 aromatic heterocycles. The minimum Gasteiger partial charge on any atom is -0.491 e. The maximum atomic E-state index is 12.6. The van der Waals surface area contributed by atoms with Gasteiger partial charge in [-0.3, -0.25) is 14.3 Å². The van der Waals surface area contributed by atoms with Crippen LogP contribution in [0, 0.1) is 0 Å². The molecular weight excluding hydrogens is 402 g/mol. The highest BCUT2D eigenvalue weighted by molar-refractivity contribution is 5.74. The van der Waals surface area contributed by atoms with Gasteiger partial charge in [-0.25, -0.2) is 4.79 Å². The molecule has 1 unspecified atom stereocenters. The van der Waals surface area contributed by atoms with Crippen LogP contribution in [0.3, 0.4) is 0 Å². The zero-order valence-corrected chi connectivity index (χ0v) is 17.7. The van der Waals surface area contributed by atoms with E-state index in [-0.39, 0.29) is 24.3 Å². The lowest BCUT2D eigenvalue weighted by Crippen LogP contribution is -2.39. The molecule has 10 nitrogen and oxygen atoms in total. The van der Waals surface area contributed by atoms with Crippen molar-refractivity contribution in [1.82, 2.24) is 19.1 Å². The van der Waals surface area contributed by atoms with Crippen molar-refractivity contribution >= 4 is 17.1 Å². The lowest BCUT2D eigenvalue weighted by Gasteiger charge is -2.28. The number of ether oxygens (including phenoxy) is 2. The van der Waals surface area contributed by atoms with Crippen molar-refractivity contribution < 1.29 is 14.6 Å². The number of benzene rings is 1. The summed E-state index contributed by atoms with van der Waals surface area (Å²) in [5.41, 5.74) is 0.662. The molecule has 1 atom stereocenters. The lowest BCUT2D eigenvalue weighted by atomic mass is 10.2. The van der Waals surface area contributed by atoms with E-state index in [0.717, 1.165) is 6.42 Å². The molecule has 4 rings (SSSR count). The van der Waals surface area contributed by atoms with Crippen LogP contribution in [-0.2, 0) is 24.8 Å². The molecule has 0 spiro atoms. The van der Waals surface area contributed by atoms with E-state index in [1.54, 1.807) is 11.6 Å². The second-order valence-corrected chi connectivity index (χ2v) is 7.57. The van der Waals surface area contributed by atoms with Gasteiger partial charge < -0.3 is 24.0 Å². The number of aliphatic hydroxyl groups excluding tert-OH is 1. The number of aromatic nitrogens is 4. The van der Waals surface area contributed by atoms with Gasteiger partial charge in [-0.1, -0.05) is 19.1 Å². The Morgan fingerprint density at radius 2 is 1.94 bits per heavy atom. The van der Waals surface area contributed by atoms with Gasteiger partial charge in [0.2, 0.25) is 5.95 Å². The number of aryl methyl sites for hydroxylation is 2. The zero-order chi connectivity index (χ0) is 22.0. The smallest absolute Gasteiger partial charge is 0.329 e. The number of aromatic amines is 1. The topological polar surface area (TPSA) is 115 Å². The molecule has 1 saturated heterocycles. The Balaban J connectivity index is 1.62. The van der Waals surface area contributed by atoms with Crippen molar-refractivity contribution in [3.8, 4) is 5.75 Å². The molecule has 0 bridgehead atoms. The van der Waals surface area contributed by atoms with E-state index in [4.69, 9.17) is 9.47 Å². The van der Waals surface area contributed by atoms with Gasteiger partial charge in [0, 0.05) is 20.1 Å². The van der Waals surface area contributed by atoms with Crippen LogP contribution in [0.1, 0.15) is 12.5 Å². The Hall–Kier alpha value is -3.11. The molecule has 1 aromatic carbocycles. The minimum atomic E-state index is -0.889. The van der Waals surface area contributed by atoms with Gasteiger partial charge in [0.15, 0.2) is 11.2 Å². The van der Waals surface area contributed by atoms with Crippen molar-refractivity contribution in [2.24, 2.45) is 7.05 Å². The van der Waals surface area contributed by atoms with Crippen molar-refractivity contribution in [2.45, 2.75) is 26.0 Å². The quantitative estimate of drug-likeness (QED) is 0.554. The third-order valence-electron chi connectivity index (χ3n) is 5.45. The van der Waals surface area contributed by atoms with Crippen LogP contribution >= 0.6 is 0 Å². The average Bonchev–Trinajstić information content (AvgIpc) is 3.17. The number of rotatable bonds is 7. The van der Waals surface area contributed by atoms with E-state index >= 15 is 0 Å². The SMILES string of the molecule is CCc1ccc(OCC(O)Cn2c(N3CCOCC3)nc3c2c(=O)[nH]c(=O)n3C)cc1. The molecule has 1 aliphatic heterocycles. The molecule has 31 heavy (non-hydrogen) atoms. The first-order valence-corrected chi connectivity index (χ1v) is 10.4. The molecule has 0 amide bonds. The fourth-order valence-electron chi connectivity index (χ4n) is 3.68. The molecule has 1 fully saturated rings. The lowest BCUT2D eigenvalue weighted by molar-refractivity contribution is 0.0927. The molecule has 3 aromatic rings. The second kappa shape index (κ2) is 8.94. The van der Waals surface area contributed by atoms with E-state index in [1.165, 1.54) is 10.1 Å². The van der Waals surface area contributed by atoms with Gasteiger partial charge >= 0.3 is 5.69 Å². The van der Waals surface area contributed by atoms with Crippen LogP contribution in [0.25, 0.3) is 11.2 Å². The highest BCUT2D eigenvalue weighted by atomic mass is 16.5. The zero-order valence-electron chi connectivity index (χ0n) is 17.7. The number of nitrogens with zero attached hydrogens (tertiary/aromatic N) is 4. The largest absolute Gasteiger partial charge is 0.491 e. The van der Waals surface area contributed by atoms with Crippen LogP contribution < -0.4 is 20.9 Å². The van der Waals surface area contributed by atoms with Crippen LogP contribution in [0.5, 0.6) is 5.75 Å². The maximum absolute atomic E-state index is 12.6. The Morgan fingerprint density at radius 3 is 2.61 bits per heavy atom. The third kappa shape index (κ3) is 4.35. The van der Waals surface area contributed by atoms with Crippen LogP contribution in [0.4, 0.5) is 5.95 Å². The predicted molar refractivity (Wildman–Crippen MR) is 116 cm³/mol. The van der Waals surface area contributed by atoms with Gasteiger partial charge in [-0.05, 0) is 24.1 Å². The average molecular weight is 429 g/mol. The highest BCUT2D eigenvalue weighted by Crippen LogP contribution is 2.21. The summed E-state index contributed by atoms with van der Waals surface area (Å²) in [5.74, 6) is 1.19. The maximum Gasteiger partial charge on any atom is 0.329 e. The number of anilines is 1. The van der Waals surface area contributed by atoms with Gasteiger partial charge in [-0.2, -0.15) is 4.98 Å². The van der Waals surface area contributed by atoms with Gasteiger partial charge in [0.05, 0.1) is 19.8 Å². The predicted octanol–water partition coefficient (Wildman–Crippen LogP) is 0.262. The molecule has 3 heterocycles. The van der Waals surface area contributed by atoms with E-state index in [2.05, 4.69) is 16.9 Å². The number of nitrogens with one attached hydrogen (secondary N) is 1. The number of morpholine rings is 1. The summed E-state index contributed by atoms with van der Waals surface area (Å²) >= 11 is 0. The first-order valence-electron chi connectivity index (χ1n) is 10.4. The van der Waals surface area contributed by atoms with Crippen LogP contribution in [0.15, 0.2) is 33.9 Å². The fraction of sp³-hybridized carbons (Fsp3) is 0.476. The van der Waals surface area contributed by atoms with Gasteiger partial charge in [-0.15, -0.1) is 0 Å². The number of hydrogen-bond acceptors (Lipinski definition) is 7. The van der Waals surface area contributed by atoms with Crippen LogP contribution in [-0.4, -0.2) is 63.2 Å². The summed E-state index contributed by atoms with van der Waals surface area (Å²) in [5, 5.41) is 10.7. The standard InChI is InChI=1S/C21H27N5O5/c1-3-14-4-6-16(7-5-14)31-13-15(27)12-26-17-18(24(2)21(29)23-19(17)28)22-20(26)25-8-10-30-11-9-25/h4-7,15,27H,3,8-13H2,1-2H3,(H,23,28,29). The van der Waals surface area contributed by atoms with Crippen LogP contribution in [0.2, 0.25) is 0 Å². The van der Waals surface area contributed by atoms with E-state index in [0.29, 0.717) is 38.0 Å². The normalized spacial score (nSPS) is 15.4. The Kier molecular flexibility index (Phi) is 6.10. The molecule has 0 saturated carbocycles. The third-order valence-corrected chi connectivity index (χ3v) is 5.45. The number of hydrogen-bond donors (Lipinski definition) is 2. The van der Waals surface area contributed by atoms with Crippen molar-refractivity contribution in [3.05, 3.63) is 50.7 Å². The summed E-state index contributed by atoms with van der Waals surface area (Å²) in [6.07, 6.45) is 0.0532. The number of fused-ring (bicyclic) bond motifs is 1.